The molecule has 3 rings (SSSR count). The van der Waals surface area contributed by atoms with E-state index in [0.717, 1.165) is 24.0 Å². The number of benzene rings is 1. The molecule has 0 aliphatic carbocycles. The normalized spacial score (nSPS) is 11.0. The Balaban J connectivity index is 1.61. The highest BCUT2D eigenvalue weighted by Gasteiger charge is 2.07. The predicted molar refractivity (Wildman–Crippen MR) is 90.2 cm³/mol. The number of aromatic nitrogens is 4. The molecule has 1 N–H and O–H groups in total. The van der Waals surface area contributed by atoms with Crippen molar-refractivity contribution >= 4 is 22.5 Å². The molecule has 6 nitrogen and oxygen atoms in total. The lowest BCUT2D eigenvalue weighted by molar-refractivity contribution is -0.116. The van der Waals surface area contributed by atoms with Gasteiger partial charge in [0.2, 0.25) is 5.91 Å². The molecular weight excluding hydrogens is 290 g/mol. The molecule has 0 bridgehead atoms. The van der Waals surface area contributed by atoms with Crippen LogP contribution in [0.1, 0.15) is 25.5 Å². The number of hydrogen-bond donors (Lipinski definition) is 1. The molecule has 0 aliphatic heterocycles. The second-order valence-corrected chi connectivity index (χ2v) is 5.61. The van der Waals surface area contributed by atoms with Gasteiger partial charge in [-0.1, -0.05) is 0 Å². The highest BCUT2D eigenvalue weighted by molar-refractivity contribution is 5.94. The van der Waals surface area contributed by atoms with Crippen LogP contribution in [-0.2, 0) is 17.9 Å². The fourth-order valence-corrected chi connectivity index (χ4v) is 2.88. The maximum absolute atomic E-state index is 12.0. The number of fused-ring (bicyclic) bond motifs is 1. The van der Waals surface area contributed by atoms with Gasteiger partial charge in [0.05, 0.1) is 0 Å². The summed E-state index contributed by atoms with van der Waals surface area (Å²) in [5.74, 6) is 0.0242. The van der Waals surface area contributed by atoms with Crippen LogP contribution in [-0.4, -0.2) is 25.2 Å². The molecule has 6 heteroatoms. The quantitative estimate of drug-likeness (QED) is 0.761. The van der Waals surface area contributed by atoms with Gasteiger partial charge in [-0.15, -0.1) is 0 Å². The lowest BCUT2D eigenvalue weighted by Crippen LogP contribution is -2.12. The monoisotopic (exact) mass is 311 g/mol. The first kappa shape index (κ1) is 15.3. The van der Waals surface area contributed by atoms with Crippen molar-refractivity contribution in [3.63, 3.8) is 0 Å². The van der Waals surface area contributed by atoms with Gasteiger partial charge in [0.1, 0.15) is 12.7 Å². The van der Waals surface area contributed by atoms with Crippen LogP contribution in [0.2, 0.25) is 0 Å². The van der Waals surface area contributed by atoms with E-state index < -0.39 is 0 Å². The van der Waals surface area contributed by atoms with Crippen molar-refractivity contribution in [1.29, 1.82) is 0 Å². The van der Waals surface area contributed by atoms with Gasteiger partial charge in [-0.05, 0) is 44.5 Å². The Morgan fingerprint density at radius 3 is 2.91 bits per heavy atom. The van der Waals surface area contributed by atoms with E-state index in [2.05, 4.69) is 45.9 Å². The highest BCUT2D eigenvalue weighted by Crippen LogP contribution is 2.23. The van der Waals surface area contributed by atoms with Crippen molar-refractivity contribution < 1.29 is 4.79 Å². The smallest absolute Gasteiger partial charge is 0.224 e. The first-order valence-electron chi connectivity index (χ1n) is 7.89. The minimum absolute atomic E-state index is 0.0242. The SMILES string of the molecule is CCn1c(C)cc2cc(NC(=O)CCCn3cncn3)ccc21. The standard InChI is InChI=1S/C17H21N5O/c1-3-22-13(2)9-14-10-15(6-7-16(14)22)20-17(23)5-4-8-21-12-18-11-19-21/h6-7,9-12H,3-5,8H2,1-2H3,(H,20,23). The van der Waals surface area contributed by atoms with E-state index in [1.165, 1.54) is 17.5 Å². The zero-order valence-corrected chi connectivity index (χ0v) is 13.5. The van der Waals surface area contributed by atoms with Gasteiger partial charge in [0.15, 0.2) is 0 Å². The maximum atomic E-state index is 12.0. The van der Waals surface area contributed by atoms with Crippen LogP contribution in [0.4, 0.5) is 5.69 Å². The Kier molecular flexibility index (Phi) is 4.41. The number of carbonyl (C=O) groups excluding carboxylic acids is 1. The molecule has 0 aliphatic rings. The van der Waals surface area contributed by atoms with E-state index in [9.17, 15) is 4.79 Å². The topological polar surface area (TPSA) is 64.7 Å². The third-order valence-corrected chi connectivity index (χ3v) is 3.97. The molecule has 0 unspecified atom stereocenters. The predicted octanol–water partition coefficient (Wildman–Crippen LogP) is 2.98. The number of nitrogens with one attached hydrogen (secondary N) is 1. The average molecular weight is 311 g/mol. The number of hydrogen-bond acceptors (Lipinski definition) is 3. The van der Waals surface area contributed by atoms with Crippen molar-refractivity contribution in [2.75, 3.05) is 5.32 Å². The Morgan fingerprint density at radius 2 is 2.17 bits per heavy atom. The summed E-state index contributed by atoms with van der Waals surface area (Å²) in [4.78, 5) is 15.9. The molecule has 0 radical (unpaired) electrons. The van der Waals surface area contributed by atoms with E-state index in [-0.39, 0.29) is 5.91 Å². The number of nitrogens with zero attached hydrogens (tertiary/aromatic N) is 4. The van der Waals surface area contributed by atoms with Crippen LogP contribution in [0.5, 0.6) is 0 Å². The summed E-state index contributed by atoms with van der Waals surface area (Å²) in [6.07, 6.45) is 4.36. The third kappa shape index (κ3) is 3.41. The Hall–Kier alpha value is -2.63. The molecule has 120 valence electrons. The maximum Gasteiger partial charge on any atom is 0.224 e. The molecule has 2 heterocycles. The summed E-state index contributed by atoms with van der Waals surface area (Å²) >= 11 is 0. The van der Waals surface area contributed by atoms with Crippen molar-refractivity contribution in [2.45, 2.75) is 39.8 Å². The molecule has 0 saturated carbocycles. The number of aryl methyl sites for hydroxylation is 3. The minimum atomic E-state index is 0.0242. The van der Waals surface area contributed by atoms with E-state index >= 15 is 0 Å². The molecular formula is C17H21N5O. The van der Waals surface area contributed by atoms with Crippen LogP contribution in [0.15, 0.2) is 36.9 Å². The summed E-state index contributed by atoms with van der Waals surface area (Å²) in [6.45, 7) is 5.89. The third-order valence-electron chi connectivity index (χ3n) is 3.97. The summed E-state index contributed by atoms with van der Waals surface area (Å²) < 4.78 is 3.99. The van der Waals surface area contributed by atoms with E-state index in [1.807, 2.05) is 12.1 Å². The van der Waals surface area contributed by atoms with Crippen LogP contribution >= 0.6 is 0 Å². The molecule has 0 saturated heterocycles. The fraction of sp³-hybridized carbons (Fsp3) is 0.353. The summed E-state index contributed by atoms with van der Waals surface area (Å²) in [5.41, 5.74) is 3.28. The summed E-state index contributed by atoms with van der Waals surface area (Å²) in [7, 11) is 0. The molecule has 2 aromatic heterocycles. The molecule has 1 amide bonds. The lowest BCUT2D eigenvalue weighted by atomic mass is 10.2. The fourth-order valence-electron chi connectivity index (χ4n) is 2.88. The van der Waals surface area contributed by atoms with Gasteiger partial charge < -0.3 is 9.88 Å². The number of anilines is 1. The van der Waals surface area contributed by atoms with Crippen molar-refractivity contribution in [3.05, 3.63) is 42.6 Å². The van der Waals surface area contributed by atoms with E-state index in [0.29, 0.717) is 13.0 Å². The minimum Gasteiger partial charge on any atom is -0.345 e. The summed E-state index contributed by atoms with van der Waals surface area (Å²) in [6, 6.07) is 8.21. The van der Waals surface area contributed by atoms with Gasteiger partial charge in [-0.25, -0.2) is 4.98 Å². The second kappa shape index (κ2) is 6.64. The molecule has 3 aromatic rings. The molecule has 23 heavy (non-hydrogen) atoms. The Labute approximate surface area is 135 Å². The molecule has 0 atom stereocenters. The van der Waals surface area contributed by atoms with Crippen molar-refractivity contribution in [2.24, 2.45) is 0 Å². The average Bonchev–Trinajstić information content (AvgIpc) is 3.13. The summed E-state index contributed by atoms with van der Waals surface area (Å²) in [5, 5.41) is 8.15. The van der Waals surface area contributed by atoms with Gasteiger partial charge in [0, 0.05) is 41.8 Å². The van der Waals surface area contributed by atoms with Gasteiger partial charge in [-0.2, -0.15) is 5.10 Å². The van der Waals surface area contributed by atoms with Crippen LogP contribution in [0.3, 0.4) is 0 Å². The van der Waals surface area contributed by atoms with Gasteiger partial charge >= 0.3 is 0 Å². The Morgan fingerprint density at radius 1 is 1.30 bits per heavy atom. The number of amides is 1. The number of carbonyl (C=O) groups is 1. The zero-order valence-electron chi connectivity index (χ0n) is 13.5. The Bertz CT molecular complexity index is 804. The van der Waals surface area contributed by atoms with Crippen molar-refractivity contribution in [1.82, 2.24) is 19.3 Å². The van der Waals surface area contributed by atoms with Gasteiger partial charge in [0.25, 0.3) is 0 Å². The van der Waals surface area contributed by atoms with Crippen LogP contribution in [0, 0.1) is 6.92 Å². The number of rotatable bonds is 6. The molecule has 0 spiro atoms. The van der Waals surface area contributed by atoms with E-state index in [4.69, 9.17) is 0 Å². The van der Waals surface area contributed by atoms with Crippen molar-refractivity contribution in [3.8, 4) is 0 Å². The molecule has 0 fully saturated rings. The highest BCUT2D eigenvalue weighted by atomic mass is 16.1. The lowest BCUT2D eigenvalue weighted by Gasteiger charge is -2.07. The second-order valence-electron chi connectivity index (χ2n) is 5.61. The zero-order chi connectivity index (χ0) is 16.2. The largest absolute Gasteiger partial charge is 0.345 e. The van der Waals surface area contributed by atoms with Crippen LogP contribution in [0.25, 0.3) is 10.9 Å². The van der Waals surface area contributed by atoms with E-state index in [1.54, 1.807) is 11.0 Å². The molecule has 1 aromatic carbocycles. The first-order valence-corrected chi connectivity index (χ1v) is 7.89. The van der Waals surface area contributed by atoms with Crippen LogP contribution < -0.4 is 5.32 Å². The first-order chi connectivity index (χ1) is 11.2. The van der Waals surface area contributed by atoms with Gasteiger partial charge in [-0.3, -0.25) is 9.48 Å².